The number of hydrogen-bond donors (Lipinski definition) is 3. The quantitative estimate of drug-likeness (QED) is 0.618. The second-order valence-corrected chi connectivity index (χ2v) is 6.58. The molecule has 0 unspecified atom stereocenters. The Labute approximate surface area is 159 Å². The summed E-state index contributed by atoms with van der Waals surface area (Å²) in [4.78, 5) is 28.2. The van der Waals surface area contributed by atoms with Gasteiger partial charge in [-0.25, -0.2) is 9.78 Å². The first-order valence-electron chi connectivity index (χ1n) is 7.67. The number of nitrogens with zero attached hydrogens (tertiary/aromatic N) is 1. The topological polar surface area (TPSA) is 83.1 Å². The van der Waals surface area contributed by atoms with Crippen molar-refractivity contribution in [3.05, 3.63) is 64.6 Å². The highest BCUT2D eigenvalue weighted by molar-refractivity contribution is 7.13. The summed E-state index contributed by atoms with van der Waals surface area (Å²) in [6, 6.07) is 13.8. The van der Waals surface area contributed by atoms with Gasteiger partial charge in [0, 0.05) is 34.4 Å². The molecule has 1 aromatic heterocycles. The highest BCUT2D eigenvalue weighted by atomic mass is 35.5. The lowest BCUT2D eigenvalue weighted by Gasteiger charge is -2.07. The Morgan fingerprint density at radius 3 is 2.42 bits per heavy atom. The molecule has 0 saturated heterocycles. The minimum absolute atomic E-state index is 0.321. The molecular formula is C18H15ClN4O2S. The molecule has 3 rings (SSSR count). The Morgan fingerprint density at radius 2 is 1.73 bits per heavy atom. The predicted molar refractivity (Wildman–Crippen MR) is 105 cm³/mol. The first-order valence-corrected chi connectivity index (χ1v) is 8.92. The van der Waals surface area contributed by atoms with Crippen molar-refractivity contribution in [2.75, 3.05) is 17.7 Å². The van der Waals surface area contributed by atoms with Crippen LogP contribution in [0.4, 0.5) is 16.2 Å². The lowest BCUT2D eigenvalue weighted by atomic mass is 10.2. The number of halogens is 1. The van der Waals surface area contributed by atoms with Crippen LogP contribution in [0.1, 0.15) is 10.5 Å². The molecule has 0 atom stereocenters. The number of urea groups is 1. The number of hydrogen-bond acceptors (Lipinski definition) is 4. The normalized spacial score (nSPS) is 10.2. The van der Waals surface area contributed by atoms with Crippen molar-refractivity contribution < 1.29 is 9.59 Å². The van der Waals surface area contributed by atoms with Crippen LogP contribution in [0.3, 0.4) is 0 Å². The van der Waals surface area contributed by atoms with Gasteiger partial charge < -0.3 is 16.0 Å². The van der Waals surface area contributed by atoms with E-state index >= 15 is 0 Å². The summed E-state index contributed by atoms with van der Waals surface area (Å²) >= 11 is 7.27. The SMILES string of the molecule is CNC(=O)Nc1cccc(NC(=O)c2csc(-c3ccc(Cl)cc3)n2)c1. The summed E-state index contributed by atoms with van der Waals surface area (Å²) in [5.74, 6) is -0.321. The third-order valence-corrected chi connectivity index (χ3v) is 4.58. The van der Waals surface area contributed by atoms with Gasteiger partial charge in [0.1, 0.15) is 10.7 Å². The smallest absolute Gasteiger partial charge is 0.318 e. The van der Waals surface area contributed by atoms with Crippen molar-refractivity contribution in [1.82, 2.24) is 10.3 Å². The average Bonchev–Trinajstić information content (AvgIpc) is 3.13. The van der Waals surface area contributed by atoms with Crippen LogP contribution in [0.5, 0.6) is 0 Å². The molecule has 3 N–H and O–H groups in total. The van der Waals surface area contributed by atoms with Gasteiger partial charge in [-0.15, -0.1) is 11.3 Å². The van der Waals surface area contributed by atoms with Crippen LogP contribution in [0, 0.1) is 0 Å². The van der Waals surface area contributed by atoms with E-state index in [4.69, 9.17) is 11.6 Å². The van der Waals surface area contributed by atoms with Gasteiger partial charge in [0.2, 0.25) is 0 Å². The van der Waals surface area contributed by atoms with Crippen molar-refractivity contribution in [2.45, 2.75) is 0 Å². The van der Waals surface area contributed by atoms with Gasteiger partial charge >= 0.3 is 6.03 Å². The van der Waals surface area contributed by atoms with E-state index in [2.05, 4.69) is 20.9 Å². The Hall–Kier alpha value is -2.90. The zero-order valence-corrected chi connectivity index (χ0v) is 15.3. The predicted octanol–water partition coefficient (Wildman–Crippen LogP) is 4.47. The third kappa shape index (κ3) is 4.38. The Balaban J connectivity index is 1.71. The number of nitrogens with one attached hydrogen (secondary N) is 3. The fourth-order valence-electron chi connectivity index (χ4n) is 2.17. The van der Waals surface area contributed by atoms with Crippen LogP contribution < -0.4 is 16.0 Å². The van der Waals surface area contributed by atoms with Gasteiger partial charge in [-0.2, -0.15) is 0 Å². The number of anilines is 2. The standard InChI is InChI=1S/C18H15ClN4O2S/c1-20-18(25)22-14-4-2-3-13(9-14)21-16(24)15-10-26-17(23-15)11-5-7-12(19)8-6-11/h2-10H,1H3,(H,21,24)(H2,20,22,25). The number of benzene rings is 2. The minimum atomic E-state index is -0.333. The molecule has 3 aromatic rings. The van der Waals surface area contributed by atoms with E-state index in [0.29, 0.717) is 22.1 Å². The second-order valence-electron chi connectivity index (χ2n) is 5.28. The molecule has 8 heteroatoms. The highest BCUT2D eigenvalue weighted by Gasteiger charge is 2.12. The molecule has 0 saturated carbocycles. The zero-order valence-electron chi connectivity index (χ0n) is 13.7. The molecular weight excluding hydrogens is 372 g/mol. The Kier molecular flexibility index (Phi) is 5.50. The average molecular weight is 387 g/mol. The van der Waals surface area contributed by atoms with Gasteiger partial charge in [-0.1, -0.05) is 29.8 Å². The largest absolute Gasteiger partial charge is 0.341 e. The zero-order chi connectivity index (χ0) is 18.5. The number of thiazole rings is 1. The van der Waals surface area contributed by atoms with Crippen LogP contribution >= 0.6 is 22.9 Å². The molecule has 0 bridgehead atoms. The number of aromatic nitrogens is 1. The van der Waals surface area contributed by atoms with Gasteiger partial charge in [-0.3, -0.25) is 4.79 Å². The van der Waals surface area contributed by atoms with E-state index in [9.17, 15) is 9.59 Å². The fourth-order valence-corrected chi connectivity index (χ4v) is 3.10. The third-order valence-electron chi connectivity index (χ3n) is 3.43. The van der Waals surface area contributed by atoms with E-state index in [1.54, 1.807) is 41.8 Å². The molecule has 0 fully saturated rings. The number of carbonyl (C=O) groups is 2. The van der Waals surface area contributed by atoms with Crippen LogP contribution in [-0.2, 0) is 0 Å². The number of carbonyl (C=O) groups excluding carboxylic acids is 2. The molecule has 0 aliphatic rings. The summed E-state index contributed by atoms with van der Waals surface area (Å²) in [5.41, 5.74) is 2.35. The van der Waals surface area contributed by atoms with E-state index in [-0.39, 0.29) is 11.9 Å². The first-order chi connectivity index (χ1) is 12.5. The summed E-state index contributed by atoms with van der Waals surface area (Å²) in [7, 11) is 1.53. The molecule has 3 amide bonds. The molecule has 0 aliphatic carbocycles. The molecule has 6 nitrogen and oxygen atoms in total. The number of rotatable bonds is 4. The van der Waals surface area contributed by atoms with E-state index < -0.39 is 0 Å². The van der Waals surface area contributed by atoms with Crippen molar-refractivity contribution in [3.63, 3.8) is 0 Å². The van der Waals surface area contributed by atoms with E-state index in [1.165, 1.54) is 18.4 Å². The van der Waals surface area contributed by atoms with Crippen molar-refractivity contribution >= 4 is 46.3 Å². The van der Waals surface area contributed by atoms with Crippen LogP contribution in [0.25, 0.3) is 10.6 Å². The van der Waals surface area contributed by atoms with Crippen molar-refractivity contribution in [2.24, 2.45) is 0 Å². The maximum absolute atomic E-state index is 12.4. The lowest BCUT2D eigenvalue weighted by Crippen LogP contribution is -2.24. The van der Waals surface area contributed by atoms with Gasteiger partial charge in [0.25, 0.3) is 5.91 Å². The van der Waals surface area contributed by atoms with Crippen molar-refractivity contribution in [1.29, 1.82) is 0 Å². The lowest BCUT2D eigenvalue weighted by molar-refractivity contribution is 0.102. The number of amides is 3. The van der Waals surface area contributed by atoms with Gasteiger partial charge in [-0.05, 0) is 30.3 Å². The molecule has 0 radical (unpaired) electrons. The second kappa shape index (κ2) is 7.99. The maximum Gasteiger partial charge on any atom is 0.318 e. The monoisotopic (exact) mass is 386 g/mol. The molecule has 0 aliphatic heterocycles. The van der Waals surface area contributed by atoms with E-state index in [0.717, 1.165) is 10.6 Å². The molecule has 2 aromatic carbocycles. The van der Waals surface area contributed by atoms with Gasteiger partial charge in [0.15, 0.2) is 0 Å². The van der Waals surface area contributed by atoms with Gasteiger partial charge in [0.05, 0.1) is 0 Å². The minimum Gasteiger partial charge on any atom is -0.341 e. The maximum atomic E-state index is 12.4. The summed E-state index contributed by atoms with van der Waals surface area (Å²) in [5, 5.41) is 11.0. The first kappa shape index (κ1) is 17.9. The van der Waals surface area contributed by atoms with Crippen LogP contribution in [0.2, 0.25) is 5.02 Å². The van der Waals surface area contributed by atoms with Crippen LogP contribution in [0.15, 0.2) is 53.9 Å². The molecule has 1 heterocycles. The molecule has 26 heavy (non-hydrogen) atoms. The Bertz CT molecular complexity index is 940. The molecule has 132 valence electrons. The van der Waals surface area contributed by atoms with Crippen LogP contribution in [-0.4, -0.2) is 24.0 Å². The summed E-state index contributed by atoms with van der Waals surface area (Å²) in [6.45, 7) is 0. The Morgan fingerprint density at radius 1 is 1.04 bits per heavy atom. The fraction of sp³-hybridized carbons (Fsp3) is 0.0556. The van der Waals surface area contributed by atoms with Crippen molar-refractivity contribution in [3.8, 4) is 10.6 Å². The summed E-state index contributed by atoms with van der Waals surface area (Å²) < 4.78 is 0. The van der Waals surface area contributed by atoms with E-state index in [1.807, 2.05) is 12.1 Å². The molecule has 0 spiro atoms. The summed E-state index contributed by atoms with van der Waals surface area (Å²) in [6.07, 6.45) is 0. The highest BCUT2D eigenvalue weighted by Crippen LogP contribution is 2.25.